The molecule has 7 heteroatoms. The van der Waals surface area contributed by atoms with Crippen molar-refractivity contribution in [3.8, 4) is 5.69 Å². The summed E-state index contributed by atoms with van der Waals surface area (Å²) in [5.74, 6) is 0.608. The van der Waals surface area contributed by atoms with Gasteiger partial charge in [-0.15, -0.1) is 0 Å². The number of rotatable bonds is 9. The van der Waals surface area contributed by atoms with Gasteiger partial charge in [0.1, 0.15) is 6.17 Å². The van der Waals surface area contributed by atoms with Gasteiger partial charge in [-0.1, -0.05) is 32.0 Å². The molecule has 1 heterocycles. The molecule has 1 saturated carbocycles. The standard InChI is InChI=1S/C25H33FN2O3S/c1-17-15-25(4,19(17)3)23(30)31-14-12-20(26)9-8-13-27-16-18(2)22(29)28(24(27)32)21-10-6-5-7-11-21/h5-7,10-11,16-17,19-20H,8-9,12-15H2,1-4H3. The number of alkyl halides is 1. The topological polar surface area (TPSA) is 53.2 Å². The maximum atomic E-state index is 14.4. The monoisotopic (exact) mass is 460 g/mol. The minimum absolute atomic E-state index is 0.105. The zero-order chi connectivity index (χ0) is 23.5. The Morgan fingerprint density at radius 1 is 1.28 bits per heavy atom. The van der Waals surface area contributed by atoms with Crippen molar-refractivity contribution < 1.29 is 13.9 Å². The van der Waals surface area contributed by atoms with E-state index >= 15 is 0 Å². The van der Waals surface area contributed by atoms with E-state index in [2.05, 4.69) is 13.8 Å². The minimum Gasteiger partial charge on any atom is -0.465 e. The number of carbonyl (C=O) groups is 1. The van der Waals surface area contributed by atoms with E-state index in [1.807, 2.05) is 41.8 Å². The van der Waals surface area contributed by atoms with Gasteiger partial charge in [0.2, 0.25) is 0 Å². The zero-order valence-corrected chi connectivity index (χ0v) is 20.2. The van der Waals surface area contributed by atoms with E-state index in [1.54, 1.807) is 13.1 Å². The van der Waals surface area contributed by atoms with Crippen molar-refractivity contribution in [1.29, 1.82) is 0 Å². The largest absolute Gasteiger partial charge is 0.465 e. The van der Waals surface area contributed by atoms with Gasteiger partial charge in [0, 0.05) is 24.7 Å². The maximum Gasteiger partial charge on any atom is 0.312 e. The van der Waals surface area contributed by atoms with Crippen LogP contribution in [0.4, 0.5) is 4.39 Å². The number of halogens is 1. The summed E-state index contributed by atoms with van der Waals surface area (Å²) >= 11 is 5.54. The maximum absolute atomic E-state index is 14.4. The number of ether oxygens (including phenoxy) is 1. The average Bonchev–Trinajstić information content (AvgIpc) is 2.77. The van der Waals surface area contributed by atoms with Crippen LogP contribution in [-0.2, 0) is 16.1 Å². The third-order valence-electron chi connectivity index (χ3n) is 6.99. The Morgan fingerprint density at radius 3 is 2.59 bits per heavy atom. The Hall–Kier alpha value is -2.28. The third kappa shape index (κ3) is 5.03. The predicted octanol–water partition coefficient (Wildman–Crippen LogP) is 5.41. The lowest BCUT2D eigenvalue weighted by Crippen LogP contribution is -2.49. The molecule has 3 rings (SSSR count). The summed E-state index contributed by atoms with van der Waals surface area (Å²) in [7, 11) is 0. The van der Waals surface area contributed by atoms with E-state index in [0.717, 1.165) is 6.42 Å². The van der Waals surface area contributed by atoms with Crippen LogP contribution in [0.2, 0.25) is 0 Å². The number of aromatic nitrogens is 2. The first-order chi connectivity index (χ1) is 15.1. The van der Waals surface area contributed by atoms with E-state index in [4.69, 9.17) is 17.0 Å². The molecule has 2 aromatic rings. The normalized spacial score (nSPS) is 23.4. The van der Waals surface area contributed by atoms with Crippen LogP contribution in [0.3, 0.4) is 0 Å². The van der Waals surface area contributed by atoms with Gasteiger partial charge in [0.25, 0.3) is 5.56 Å². The fourth-order valence-electron chi connectivity index (χ4n) is 4.54. The molecule has 0 saturated heterocycles. The summed E-state index contributed by atoms with van der Waals surface area (Å²) < 4.78 is 23.5. The lowest BCUT2D eigenvalue weighted by Gasteiger charge is -2.48. The highest BCUT2D eigenvalue weighted by Crippen LogP contribution is 2.51. The molecule has 4 unspecified atom stereocenters. The molecule has 32 heavy (non-hydrogen) atoms. The van der Waals surface area contributed by atoms with E-state index < -0.39 is 11.6 Å². The van der Waals surface area contributed by atoms with Gasteiger partial charge in [-0.05, 0) is 69.3 Å². The second-order valence-corrected chi connectivity index (χ2v) is 9.68. The molecule has 174 valence electrons. The highest BCUT2D eigenvalue weighted by Gasteiger charge is 2.51. The van der Waals surface area contributed by atoms with Crippen LogP contribution in [-0.4, -0.2) is 27.9 Å². The molecule has 1 aromatic carbocycles. The molecule has 0 N–H and O–H groups in total. The minimum atomic E-state index is -1.05. The first kappa shape index (κ1) is 24.4. The van der Waals surface area contributed by atoms with Gasteiger partial charge in [-0.2, -0.15) is 0 Å². The molecule has 1 aliphatic carbocycles. The summed E-state index contributed by atoms with van der Waals surface area (Å²) in [5, 5.41) is 0. The van der Waals surface area contributed by atoms with Crippen molar-refractivity contribution in [3.05, 3.63) is 57.2 Å². The second kappa shape index (κ2) is 10.1. The number of benzene rings is 1. The molecule has 1 aromatic heterocycles. The Morgan fingerprint density at radius 2 is 1.97 bits per heavy atom. The molecule has 4 atom stereocenters. The molecule has 0 bridgehead atoms. The van der Waals surface area contributed by atoms with E-state index in [9.17, 15) is 14.0 Å². The van der Waals surface area contributed by atoms with Crippen molar-refractivity contribution in [2.45, 2.75) is 66.1 Å². The summed E-state index contributed by atoms with van der Waals surface area (Å²) in [6.07, 6.45) is 2.62. The van der Waals surface area contributed by atoms with Crippen LogP contribution in [0.15, 0.2) is 41.3 Å². The van der Waals surface area contributed by atoms with E-state index in [0.29, 0.717) is 47.2 Å². The fraction of sp³-hybridized carbons (Fsp3) is 0.560. The SMILES string of the molecule is Cc1cn(CCCC(F)CCOC(=O)C2(C)CC(C)C2C)c(=S)n(-c2ccccc2)c1=O. The highest BCUT2D eigenvalue weighted by atomic mass is 32.1. The van der Waals surface area contributed by atoms with Gasteiger partial charge < -0.3 is 9.30 Å². The van der Waals surface area contributed by atoms with Crippen molar-refractivity contribution in [3.63, 3.8) is 0 Å². The van der Waals surface area contributed by atoms with Crippen LogP contribution >= 0.6 is 12.2 Å². The highest BCUT2D eigenvalue weighted by molar-refractivity contribution is 7.71. The summed E-state index contributed by atoms with van der Waals surface area (Å²) in [6.45, 7) is 8.52. The number of aryl methyl sites for hydroxylation is 2. The Labute approximate surface area is 194 Å². The Kier molecular flexibility index (Phi) is 7.70. The molecule has 5 nitrogen and oxygen atoms in total. The molecular formula is C25H33FN2O3S. The van der Waals surface area contributed by atoms with E-state index in [1.165, 1.54) is 4.57 Å². The molecule has 0 radical (unpaired) electrons. The van der Waals surface area contributed by atoms with Gasteiger partial charge in [-0.3, -0.25) is 14.2 Å². The van der Waals surface area contributed by atoms with Crippen molar-refractivity contribution >= 4 is 18.2 Å². The van der Waals surface area contributed by atoms with Crippen LogP contribution < -0.4 is 5.56 Å². The van der Waals surface area contributed by atoms with E-state index in [-0.39, 0.29) is 24.6 Å². The molecule has 1 aliphatic rings. The number of nitrogens with zero attached hydrogens (tertiary/aromatic N) is 2. The summed E-state index contributed by atoms with van der Waals surface area (Å²) in [5.41, 5.74) is 0.723. The number of hydrogen-bond acceptors (Lipinski definition) is 4. The van der Waals surface area contributed by atoms with Crippen molar-refractivity contribution in [2.75, 3.05) is 6.61 Å². The molecule has 0 spiro atoms. The number of carbonyl (C=O) groups excluding carboxylic acids is 1. The molecule has 0 amide bonds. The van der Waals surface area contributed by atoms with Gasteiger partial charge in [-0.25, -0.2) is 4.39 Å². The first-order valence-electron chi connectivity index (χ1n) is 11.3. The van der Waals surface area contributed by atoms with Crippen LogP contribution in [0.5, 0.6) is 0 Å². The molecular weight excluding hydrogens is 427 g/mol. The number of esters is 1. The second-order valence-electron chi connectivity index (χ2n) is 9.32. The Balaban J connectivity index is 1.51. The smallest absolute Gasteiger partial charge is 0.312 e. The van der Waals surface area contributed by atoms with Crippen molar-refractivity contribution in [1.82, 2.24) is 9.13 Å². The number of para-hydroxylation sites is 1. The molecule has 1 fully saturated rings. The zero-order valence-electron chi connectivity index (χ0n) is 19.3. The average molecular weight is 461 g/mol. The van der Waals surface area contributed by atoms with Gasteiger partial charge >= 0.3 is 5.97 Å². The van der Waals surface area contributed by atoms with Crippen LogP contribution in [0.25, 0.3) is 5.69 Å². The lowest BCUT2D eigenvalue weighted by atomic mass is 9.56. The van der Waals surface area contributed by atoms with Crippen LogP contribution in [0, 0.1) is 28.9 Å². The Bertz CT molecular complexity index is 1070. The third-order valence-corrected chi connectivity index (χ3v) is 7.41. The summed E-state index contributed by atoms with van der Waals surface area (Å²) in [6, 6.07) is 9.27. The first-order valence-corrected chi connectivity index (χ1v) is 11.8. The fourth-order valence-corrected chi connectivity index (χ4v) is 4.87. The number of hydrogen-bond donors (Lipinski definition) is 0. The lowest BCUT2D eigenvalue weighted by molar-refractivity contribution is -0.171. The van der Waals surface area contributed by atoms with Gasteiger partial charge in [0.05, 0.1) is 17.7 Å². The van der Waals surface area contributed by atoms with Gasteiger partial charge in [0.15, 0.2) is 4.77 Å². The molecule has 0 aliphatic heterocycles. The van der Waals surface area contributed by atoms with Crippen LogP contribution in [0.1, 0.15) is 52.0 Å². The predicted molar refractivity (Wildman–Crippen MR) is 126 cm³/mol. The summed E-state index contributed by atoms with van der Waals surface area (Å²) in [4.78, 5) is 25.0. The van der Waals surface area contributed by atoms with Crippen molar-refractivity contribution in [2.24, 2.45) is 17.3 Å². The quantitative estimate of drug-likeness (QED) is 0.371.